The number of nitrogens with zero attached hydrogens (tertiary/aromatic N) is 1. The van der Waals surface area contributed by atoms with Crippen LogP contribution >= 0.6 is 7.82 Å². The summed E-state index contributed by atoms with van der Waals surface area (Å²) in [7, 11) is 1.48. The van der Waals surface area contributed by atoms with Crippen molar-refractivity contribution in [3.63, 3.8) is 0 Å². The molecule has 0 heterocycles. The second kappa shape index (κ2) is 56.4. The van der Waals surface area contributed by atoms with Gasteiger partial charge in [-0.3, -0.25) is 18.6 Å². The smallest absolute Gasteiger partial charge is 0.462 e. The minimum absolute atomic E-state index is 0.0310. The maximum absolute atomic E-state index is 12.8. The standard InChI is InChI=1S/C65H120NO8P/c1-6-8-10-12-14-16-18-20-22-24-26-28-30-32-33-34-36-38-40-42-44-46-48-50-52-54-56-58-65(68)74-63(62-73-75(69,70)72-60-59-66(3,4)5)61-71-64(67)57-55-53-51-49-47-45-43-41-39-37-35-31-29-27-25-23-21-19-17-15-13-11-9-7-2/h8,10,14,16,20,22,26,28,32-33,63H,6-7,9,11-13,15,17-19,21,23-25,27,29-31,34-62H2,1-5H3/p+1/b10-8-,16-14-,22-20-,28-26-,33-32-. The van der Waals surface area contributed by atoms with Gasteiger partial charge in [0.2, 0.25) is 0 Å². The zero-order valence-electron chi connectivity index (χ0n) is 49.8. The largest absolute Gasteiger partial charge is 0.472 e. The lowest BCUT2D eigenvalue weighted by Crippen LogP contribution is -2.37. The van der Waals surface area contributed by atoms with Crippen molar-refractivity contribution in [1.29, 1.82) is 0 Å². The molecule has 10 heteroatoms. The molecule has 0 rings (SSSR count). The molecule has 0 saturated carbocycles. The highest BCUT2D eigenvalue weighted by molar-refractivity contribution is 7.47. The summed E-state index contributed by atoms with van der Waals surface area (Å²) in [5.74, 6) is -0.789. The molecule has 0 aliphatic rings. The van der Waals surface area contributed by atoms with E-state index in [2.05, 4.69) is 74.6 Å². The monoisotopic (exact) mass is 1070 g/mol. The van der Waals surface area contributed by atoms with Crippen LogP contribution in [0.1, 0.15) is 290 Å². The summed E-state index contributed by atoms with van der Waals surface area (Å²) in [5.41, 5.74) is 0. The summed E-state index contributed by atoms with van der Waals surface area (Å²) in [6.07, 6.45) is 73.0. The van der Waals surface area contributed by atoms with E-state index >= 15 is 0 Å². The van der Waals surface area contributed by atoms with Gasteiger partial charge in [0.1, 0.15) is 19.8 Å². The number of unbranched alkanes of at least 4 members (excludes halogenated alkanes) is 34. The van der Waals surface area contributed by atoms with Crippen LogP contribution in [-0.4, -0.2) is 74.9 Å². The van der Waals surface area contributed by atoms with E-state index in [0.29, 0.717) is 23.9 Å². The number of ether oxygens (including phenoxy) is 2. The number of allylic oxidation sites excluding steroid dienone is 10. The Bertz CT molecular complexity index is 1450. The van der Waals surface area contributed by atoms with Crippen LogP contribution in [0.3, 0.4) is 0 Å². The van der Waals surface area contributed by atoms with Crippen molar-refractivity contribution in [2.24, 2.45) is 0 Å². The Morgan fingerprint density at radius 1 is 0.427 bits per heavy atom. The lowest BCUT2D eigenvalue weighted by Gasteiger charge is -2.24. The molecule has 0 radical (unpaired) electrons. The fourth-order valence-corrected chi connectivity index (χ4v) is 9.73. The van der Waals surface area contributed by atoms with Crippen LogP contribution in [0.2, 0.25) is 0 Å². The molecule has 0 amide bonds. The molecule has 0 aromatic carbocycles. The first-order valence-corrected chi connectivity index (χ1v) is 33.0. The molecule has 2 atom stereocenters. The highest BCUT2D eigenvalue weighted by atomic mass is 31.2. The summed E-state index contributed by atoms with van der Waals surface area (Å²) >= 11 is 0. The first-order chi connectivity index (χ1) is 36.5. The molecule has 438 valence electrons. The Morgan fingerprint density at radius 3 is 1.13 bits per heavy atom. The van der Waals surface area contributed by atoms with Crippen LogP contribution in [-0.2, 0) is 32.7 Å². The van der Waals surface area contributed by atoms with Gasteiger partial charge in [-0.1, -0.05) is 280 Å². The van der Waals surface area contributed by atoms with Gasteiger partial charge in [-0.15, -0.1) is 0 Å². The number of carbonyl (C=O) groups is 2. The molecule has 0 aliphatic heterocycles. The van der Waals surface area contributed by atoms with Crippen molar-refractivity contribution < 1.29 is 42.1 Å². The molecule has 75 heavy (non-hydrogen) atoms. The van der Waals surface area contributed by atoms with Crippen molar-refractivity contribution in [2.75, 3.05) is 47.5 Å². The van der Waals surface area contributed by atoms with E-state index in [1.165, 1.54) is 186 Å². The number of phosphoric acid groups is 1. The van der Waals surface area contributed by atoms with Gasteiger partial charge in [0, 0.05) is 12.8 Å². The Morgan fingerprint density at radius 2 is 0.760 bits per heavy atom. The Kier molecular flexibility index (Phi) is 54.7. The third-order valence-electron chi connectivity index (χ3n) is 13.8. The molecule has 9 nitrogen and oxygen atoms in total. The second-order valence-electron chi connectivity index (χ2n) is 22.4. The van der Waals surface area contributed by atoms with E-state index in [1.807, 2.05) is 21.1 Å². The summed E-state index contributed by atoms with van der Waals surface area (Å²) in [6.45, 7) is 4.36. The normalized spacial score (nSPS) is 13.6. The predicted octanol–water partition coefficient (Wildman–Crippen LogP) is 19.9. The topological polar surface area (TPSA) is 108 Å². The van der Waals surface area contributed by atoms with Crippen molar-refractivity contribution in [3.8, 4) is 0 Å². The fourth-order valence-electron chi connectivity index (χ4n) is 8.99. The first-order valence-electron chi connectivity index (χ1n) is 31.5. The van der Waals surface area contributed by atoms with E-state index in [4.69, 9.17) is 18.5 Å². The maximum atomic E-state index is 12.8. The molecular weight excluding hydrogens is 954 g/mol. The van der Waals surface area contributed by atoms with Crippen molar-refractivity contribution in [2.45, 2.75) is 296 Å². The van der Waals surface area contributed by atoms with Gasteiger partial charge in [-0.2, -0.15) is 0 Å². The summed E-state index contributed by atoms with van der Waals surface area (Å²) in [5, 5.41) is 0. The van der Waals surface area contributed by atoms with Crippen molar-refractivity contribution in [3.05, 3.63) is 60.8 Å². The summed E-state index contributed by atoms with van der Waals surface area (Å²) < 4.78 is 34.7. The molecule has 0 saturated heterocycles. The van der Waals surface area contributed by atoms with Gasteiger partial charge in [-0.05, 0) is 57.8 Å². The number of hydrogen-bond acceptors (Lipinski definition) is 7. The van der Waals surface area contributed by atoms with Crippen LogP contribution in [0, 0.1) is 0 Å². The average Bonchev–Trinajstić information content (AvgIpc) is 3.37. The second-order valence-corrected chi connectivity index (χ2v) is 23.9. The molecule has 0 fully saturated rings. The van der Waals surface area contributed by atoms with E-state index < -0.39 is 26.5 Å². The molecule has 0 aliphatic carbocycles. The molecule has 0 aromatic rings. The van der Waals surface area contributed by atoms with Crippen LogP contribution in [0.4, 0.5) is 0 Å². The predicted molar refractivity (Wildman–Crippen MR) is 321 cm³/mol. The van der Waals surface area contributed by atoms with E-state index in [1.54, 1.807) is 0 Å². The Balaban J connectivity index is 4.11. The first kappa shape index (κ1) is 72.7. The number of rotatable bonds is 58. The highest BCUT2D eigenvalue weighted by Crippen LogP contribution is 2.43. The Labute approximate surface area is 464 Å². The average molecular weight is 1080 g/mol. The van der Waals surface area contributed by atoms with Gasteiger partial charge < -0.3 is 18.9 Å². The zero-order chi connectivity index (χ0) is 54.9. The van der Waals surface area contributed by atoms with Crippen molar-refractivity contribution >= 4 is 19.8 Å². The number of quaternary nitrogens is 1. The van der Waals surface area contributed by atoms with Crippen LogP contribution < -0.4 is 0 Å². The minimum Gasteiger partial charge on any atom is -0.462 e. The van der Waals surface area contributed by atoms with Gasteiger partial charge in [0.15, 0.2) is 6.10 Å². The maximum Gasteiger partial charge on any atom is 0.472 e. The number of phosphoric ester groups is 1. The summed E-state index contributed by atoms with van der Waals surface area (Å²) in [4.78, 5) is 35.8. The summed E-state index contributed by atoms with van der Waals surface area (Å²) in [6, 6.07) is 0. The van der Waals surface area contributed by atoms with Crippen LogP contribution in [0.25, 0.3) is 0 Å². The molecule has 0 aromatic heterocycles. The number of esters is 2. The fraction of sp³-hybridized carbons (Fsp3) is 0.815. The highest BCUT2D eigenvalue weighted by Gasteiger charge is 2.27. The number of carbonyl (C=O) groups excluding carboxylic acids is 2. The van der Waals surface area contributed by atoms with Crippen LogP contribution in [0.15, 0.2) is 60.8 Å². The third-order valence-corrected chi connectivity index (χ3v) is 14.8. The quantitative estimate of drug-likeness (QED) is 0.0211. The van der Waals surface area contributed by atoms with Gasteiger partial charge in [0.25, 0.3) is 0 Å². The molecule has 2 unspecified atom stereocenters. The molecule has 0 bridgehead atoms. The lowest BCUT2D eigenvalue weighted by atomic mass is 10.0. The molecular formula is C65H121NO8P+. The zero-order valence-corrected chi connectivity index (χ0v) is 50.7. The lowest BCUT2D eigenvalue weighted by molar-refractivity contribution is -0.870. The molecule has 0 spiro atoms. The SMILES string of the molecule is CC/C=C\C/C=C\C/C=C\C/C=C\C/C=C\CCCCCCCCCCCCCC(=O)OC(COC(=O)CCCCCCCCCCCCCCCCCCCCCCCCCC)COP(=O)(O)OCC[N+](C)(C)C. The van der Waals surface area contributed by atoms with E-state index in [-0.39, 0.29) is 25.6 Å². The van der Waals surface area contributed by atoms with Gasteiger partial charge in [0.05, 0.1) is 27.7 Å². The Hall–Kier alpha value is -2.29. The minimum atomic E-state index is -4.39. The van der Waals surface area contributed by atoms with Gasteiger partial charge >= 0.3 is 19.8 Å². The number of hydrogen-bond donors (Lipinski definition) is 1. The van der Waals surface area contributed by atoms with Crippen molar-refractivity contribution in [1.82, 2.24) is 0 Å². The molecule has 1 N–H and O–H groups in total. The van der Waals surface area contributed by atoms with Crippen LogP contribution in [0.5, 0.6) is 0 Å². The van der Waals surface area contributed by atoms with Gasteiger partial charge in [-0.25, -0.2) is 4.57 Å². The third kappa shape index (κ3) is 60.8. The number of likely N-dealkylation sites (N-methyl/N-ethyl adjacent to an activating group) is 1. The van der Waals surface area contributed by atoms with E-state index in [9.17, 15) is 19.0 Å². The van der Waals surface area contributed by atoms with E-state index in [0.717, 1.165) is 70.6 Å².